The molecule has 0 amide bonds. The summed E-state index contributed by atoms with van der Waals surface area (Å²) in [6, 6.07) is 3.20. The van der Waals surface area contributed by atoms with Crippen molar-refractivity contribution in [1.82, 2.24) is 4.98 Å². The maximum Gasteiger partial charge on any atom is 0.339 e. The quantitative estimate of drug-likeness (QED) is 0.802. The number of aliphatic hydroxyl groups excluding tert-OH is 1. The molecule has 1 aromatic rings. The van der Waals surface area contributed by atoms with Crippen LogP contribution in [0.2, 0.25) is 0 Å². The van der Waals surface area contributed by atoms with Gasteiger partial charge in [0, 0.05) is 6.20 Å². The minimum absolute atomic E-state index is 0.344. The van der Waals surface area contributed by atoms with Crippen molar-refractivity contribution >= 4 is 5.97 Å². The smallest absolute Gasteiger partial charge is 0.339 e. The molecule has 0 fully saturated rings. The molecule has 0 aliphatic rings. The molecule has 0 radical (unpaired) electrons. The van der Waals surface area contributed by atoms with Gasteiger partial charge in [-0.2, -0.15) is 0 Å². The second-order valence-corrected chi connectivity index (χ2v) is 2.87. The van der Waals surface area contributed by atoms with Crippen molar-refractivity contribution in [3.8, 4) is 0 Å². The van der Waals surface area contributed by atoms with Crippen molar-refractivity contribution in [3.05, 3.63) is 29.6 Å². The zero-order chi connectivity index (χ0) is 12.6. The monoisotopic (exact) mass is 225 g/mol. The summed E-state index contributed by atoms with van der Waals surface area (Å²) in [5.74, 6) is -0.392. The molecule has 1 unspecified atom stereocenters. The van der Waals surface area contributed by atoms with Gasteiger partial charge in [-0.15, -0.1) is 0 Å². The fourth-order valence-electron chi connectivity index (χ4n) is 0.988. The molecule has 90 valence electrons. The Morgan fingerprint density at radius 3 is 2.50 bits per heavy atom. The number of aromatic nitrogens is 1. The van der Waals surface area contributed by atoms with Crippen LogP contribution in [-0.2, 0) is 4.74 Å². The molecule has 1 rings (SSSR count). The van der Waals surface area contributed by atoms with Crippen LogP contribution in [0.5, 0.6) is 0 Å². The van der Waals surface area contributed by atoms with Gasteiger partial charge in [-0.3, -0.25) is 4.98 Å². The van der Waals surface area contributed by atoms with Gasteiger partial charge >= 0.3 is 5.97 Å². The molecule has 1 heterocycles. The van der Waals surface area contributed by atoms with Crippen LogP contribution in [0.4, 0.5) is 0 Å². The number of ether oxygens (including phenoxy) is 1. The molecule has 0 saturated carbocycles. The van der Waals surface area contributed by atoms with Crippen molar-refractivity contribution < 1.29 is 14.6 Å². The van der Waals surface area contributed by atoms with Gasteiger partial charge < -0.3 is 9.84 Å². The average Bonchev–Trinajstić information content (AvgIpc) is 2.32. The predicted molar refractivity (Wildman–Crippen MR) is 62.2 cm³/mol. The molecule has 0 aliphatic heterocycles. The van der Waals surface area contributed by atoms with E-state index in [9.17, 15) is 9.90 Å². The third kappa shape index (κ3) is 4.40. The first-order chi connectivity index (χ1) is 7.65. The highest BCUT2D eigenvalue weighted by molar-refractivity contribution is 5.88. The van der Waals surface area contributed by atoms with Gasteiger partial charge in [0.25, 0.3) is 0 Å². The molecular formula is C12H19NO3. The van der Waals surface area contributed by atoms with Crippen molar-refractivity contribution in [3.63, 3.8) is 0 Å². The van der Waals surface area contributed by atoms with Gasteiger partial charge in [0.2, 0.25) is 0 Å². The SMILES string of the molecule is CC.CCOC(=O)c1ccc(C(C)O)nc1. The first kappa shape index (κ1) is 14.6. The van der Waals surface area contributed by atoms with E-state index in [0.717, 1.165) is 0 Å². The Kier molecular flexibility index (Phi) is 7.12. The van der Waals surface area contributed by atoms with E-state index in [2.05, 4.69) is 4.98 Å². The molecule has 1 N–H and O–H groups in total. The second kappa shape index (κ2) is 7.82. The Hall–Kier alpha value is -1.42. The highest BCUT2D eigenvalue weighted by Crippen LogP contribution is 2.09. The number of carbonyl (C=O) groups is 1. The fraction of sp³-hybridized carbons (Fsp3) is 0.500. The fourth-order valence-corrected chi connectivity index (χ4v) is 0.988. The maximum atomic E-state index is 11.2. The summed E-state index contributed by atoms with van der Waals surface area (Å²) >= 11 is 0. The largest absolute Gasteiger partial charge is 0.462 e. The molecule has 0 aliphatic carbocycles. The van der Waals surface area contributed by atoms with Crippen LogP contribution in [0.25, 0.3) is 0 Å². The summed E-state index contributed by atoms with van der Waals surface area (Å²) in [5.41, 5.74) is 0.939. The van der Waals surface area contributed by atoms with Crippen LogP contribution in [0.3, 0.4) is 0 Å². The highest BCUT2D eigenvalue weighted by Gasteiger charge is 2.08. The standard InChI is InChI=1S/C10H13NO3.C2H6/c1-3-14-10(13)8-4-5-9(7(2)12)11-6-8;1-2/h4-7,12H,3H2,1-2H3;1-2H3. The van der Waals surface area contributed by atoms with Gasteiger partial charge in [-0.05, 0) is 26.0 Å². The van der Waals surface area contributed by atoms with Crippen LogP contribution in [0.1, 0.15) is 49.9 Å². The maximum absolute atomic E-state index is 11.2. The van der Waals surface area contributed by atoms with Gasteiger partial charge in [0.15, 0.2) is 0 Å². The third-order valence-corrected chi connectivity index (χ3v) is 1.73. The molecule has 16 heavy (non-hydrogen) atoms. The number of carbonyl (C=O) groups excluding carboxylic acids is 1. The predicted octanol–water partition coefficient (Wildman–Crippen LogP) is 2.34. The topological polar surface area (TPSA) is 59.4 Å². The summed E-state index contributed by atoms with van der Waals surface area (Å²) in [7, 11) is 0. The molecule has 0 bridgehead atoms. The van der Waals surface area contributed by atoms with Crippen LogP contribution < -0.4 is 0 Å². The molecule has 0 saturated heterocycles. The van der Waals surface area contributed by atoms with E-state index in [1.54, 1.807) is 26.0 Å². The summed E-state index contributed by atoms with van der Waals surface area (Å²) in [5, 5.41) is 9.18. The van der Waals surface area contributed by atoms with Crippen LogP contribution in [-0.4, -0.2) is 22.7 Å². The van der Waals surface area contributed by atoms with E-state index in [-0.39, 0.29) is 0 Å². The average molecular weight is 225 g/mol. The number of esters is 1. The van der Waals surface area contributed by atoms with Crippen molar-refractivity contribution in [1.29, 1.82) is 0 Å². The van der Waals surface area contributed by atoms with Gasteiger partial charge in [0.1, 0.15) is 0 Å². The molecule has 1 aromatic heterocycles. The van der Waals surface area contributed by atoms with Crippen LogP contribution in [0, 0.1) is 0 Å². The normalized spacial score (nSPS) is 11.1. The molecular weight excluding hydrogens is 206 g/mol. The lowest BCUT2D eigenvalue weighted by Gasteiger charge is -2.04. The summed E-state index contributed by atoms with van der Waals surface area (Å²) in [6.45, 7) is 7.71. The van der Waals surface area contributed by atoms with E-state index >= 15 is 0 Å². The minimum Gasteiger partial charge on any atom is -0.462 e. The molecule has 4 nitrogen and oxygen atoms in total. The minimum atomic E-state index is -0.619. The number of nitrogens with zero attached hydrogens (tertiary/aromatic N) is 1. The molecule has 1 atom stereocenters. The zero-order valence-electron chi connectivity index (χ0n) is 10.2. The van der Waals surface area contributed by atoms with E-state index < -0.39 is 12.1 Å². The first-order valence-corrected chi connectivity index (χ1v) is 5.46. The van der Waals surface area contributed by atoms with E-state index in [0.29, 0.717) is 17.9 Å². The Morgan fingerprint density at radius 1 is 1.50 bits per heavy atom. The number of hydrogen-bond donors (Lipinski definition) is 1. The molecule has 4 heteroatoms. The summed E-state index contributed by atoms with van der Waals surface area (Å²) in [4.78, 5) is 15.1. The second-order valence-electron chi connectivity index (χ2n) is 2.87. The van der Waals surface area contributed by atoms with E-state index in [1.165, 1.54) is 6.20 Å². The van der Waals surface area contributed by atoms with Crippen LogP contribution >= 0.6 is 0 Å². The molecule has 0 spiro atoms. The van der Waals surface area contributed by atoms with Crippen molar-refractivity contribution in [2.24, 2.45) is 0 Å². The highest BCUT2D eigenvalue weighted by atomic mass is 16.5. The Morgan fingerprint density at radius 2 is 2.12 bits per heavy atom. The third-order valence-electron chi connectivity index (χ3n) is 1.73. The summed E-state index contributed by atoms with van der Waals surface area (Å²) < 4.78 is 4.79. The Labute approximate surface area is 96.3 Å². The first-order valence-electron chi connectivity index (χ1n) is 5.46. The van der Waals surface area contributed by atoms with Gasteiger partial charge in [-0.1, -0.05) is 13.8 Å². The summed E-state index contributed by atoms with van der Waals surface area (Å²) in [6.07, 6.45) is 0.784. The lowest BCUT2D eigenvalue weighted by molar-refractivity contribution is 0.0525. The number of aliphatic hydroxyl groups is 1. The number of rotatable bonds is 3. The zero-order valence-corrected chi connectivity index (χ0v) is 10.2. The number of hydrogen-bond acceptors (Lipinski definition) is 4. The Bertz CT molecular complexity index is 307. The van der Waals surface area contributed by atoms with E-state index in [1.807, 2.05) is 13.8 Å². The van der Waals surface area contributed by atoms with Gasteiger partial charge in [0.05, 0.1) is 24.0 Å². The molecule has 0 aromatic carbocycles. The number of pyridine rings is 1. The van der Waals surface area contributed by atoms with Gasteiger partial charge in [-0.25, -0.2) is 4.79 Å². The lowest BCUT2D eigenvalue weighted by atomic mass is 10.2. The lowest BCUT2D eigenvalue weighted by Crippen LogP contribution is -2.06. The van der Waals surface area contributed by atoms with E-state index in [4.69, 9.17) is 4.74 Å². The van der Waals surface area contributed by atoms with Crippen LogP contribution in [0.15, 0.2) is 18.3 Å². The van der Waals surface area contributed by atoms with Crippen molar-refractivity contribution in [2.75, 3.05) is 6.61 Å². The van der Waals surface area contributed by atoms with Crippen molar-refractivity contribution in [2.45, 2.75) is 33.8 Å². The Balaban J connectivity index is 0.00000106.